The molecule has 1 aromatic carbocycles. The number of hydrogen-bond acceptors (Lipinski definition) is 5. The van der Waals surface area contributed by atoms with Crippen molar-refractivity contribution < 1.29 is 23.8 Å². The fraction of sp³-hybridized carbons (Fsp3) is 0.600. The van der Waals surface area contributed by atoms with E-state index in [1.54, 1.807) is 0 Å². The van der Waals surface area contributed by atoms with Crippen molar-refractivity contribution in [2.45, 2.75) is 83.5 Å². The van der Waals surface area contributed by atoms with Gasteiger partial charge in [-0.15, -0.1) is 0 Å². The van der Waals surface area contributed by atoms with Crippen LogP contribution in [-0.4, -0.2) is 36.5 Å². The number of aryl methyl sites for hydroxylation is 2. The van der Waals surface area contributed by atoms with Gasteiger partial charge < -0.3 is 19.5 Å². The number of Topliss-reactive ketones (excluding diaryl/α,β-unsaturated/α-hetero) is 1. The van der Waals surface area contributed by atoms with E-state index in [2.05, 4.69) is 11.4 Å². The number of ketones is 1. The Hall–Kier alpha value is -2.34. The molecule has 2 saturated carbocycles. The Morgan fingerprint density at radius 1 is 1.06 bits per heavy atom. The summed E-state index contributed by atoms with van der Waals surface area (Å²) >= 11 is 0. The average Bonchev–Trinajstić information content (AvgIpc) is 2.74. The van der Waals surface area contributed by atoms with Crippen molar-refractivity contribution >= 4 is 11.7 Å². The molecule has 0 radical (unpaired) electrons. The van der Waals surface area contributed by atoms with Crippen molar-refractivity contribution in [3.05, 3.63) is 41.3 Å². The highest BCUT2D eigenvalue weighted by Crippen LogP contribution is 2.35. The summed E-state index contributed by atoms with van der Waals surface area (Å²) in [6.45, 7) is 4.07. The smallest absolute Gasteiger partial charge is 0.246 e. The van der Waals surface area contributed by atoms with Gasteiger partial charge in [-0.25, -0.2) is 0 Å². The number of benzene rings is 1. The van der Waals surface area contributed by atoms with Gasteiger partial charge in [-0.2, -0.15) is 0 Å². The third kappa shape index (κ3) is 5.67. The van der Waals surface area contributed by atoms with E-state index in [9.17, 15) is 9.59 Å². The molecule has 6 nitrogen and oxygen atoms in total. The Kier molecular flexibility index (Phi) is 6.96. The van der Waals surface area contributed by atoms with E-state index in [1.807, 2.05) is 26.0 Å². The lowest BCUT2D eigenvalue weighted by molar-refractivity contribution is -0.138. The second kappa shape index (κ2) is 9.86. The van der Waals surface area contributed by atoms with E-state index < -0.39 is 0 Å². The van der Waals surface area contributed by atoms with Crippen LogP contribution in [-0.2, 0) is 19.1 Å². The highest BCUT2D eigenvalue weighted by atomic mass is 16.5. The standard InChI is InChI=1S/C25H33NO5/c1-16-10-17(2)12-20(11-16)31-23-14-30-22-13-19(8-9-21(22)25(23)28)29-15-24(27)26-18-6-4-3-5-7-18/h10-12,14,18-19,21-22H,3-9,13,15H2,1-2H3,(H,26,27). The second-order valence-corrected chi connectivity index (χ2v) is 9.20. The summed E-state index contributed by atoms with van der Waals surface area (Å²) in [6.07, 6.45) is 8.94. The van der Waals surface area contributed by atoms with Crippen LogP contribution in [0, 0.1) is 19.8 Å². The Balaban J connectivity index is 1.27. The molecule has 4 rings (SSSR count). The molecule has 0 aromatic heterocycles. The van der Waals surface area contributed by atoms with Crippen LogP contribution in [0.5, 0.6) is 5.75 Å². The van der Waals surface area contributed by atoms with Crippen molar-refractivity contribution in [2.75, 3.05) is 6.61 Å². The minimum Gasteiger partial charge on any atom is -0.493 e. The van der Waals surface area contributed by atoms with Gasteiger partial charge in [0.15, 0.2) is 0 Å². The lowest BCUT2D eigenvalue weighted by atomic mass is 9.80. The van der Waals surface area contributed by atoms with Crippen LogP contribution in [0.2, 0.25) is 0 Å². The van der Waals surface area contributed by atoms with Gasteiger partial charge in [0, 0.05) is 12.5 Å². The van der Waals surface area contributed by atoms with Crippen molar-refractivity contribution in [3.8, 4) is 5.75 Å². The molecule has 2 fully saturated rings. The molecule has 3 unspecified atom stereocenters. The number of fused-ring (bicyclic) bond motifs is 1. The van der Waals surface area contributed by atoms with Gasteiger partial charge in [0.1, 0.15) is 24.7 Å². The largest absolute Gasteiger partial charge is 0.493 e. The zero-order valence-electron chi connectivity index (χ0n) is 18.5. The summed E-state index contributed by atoms with van der Waals surface area (Å²) in [6, 6.07) is 6.18. The van der Waals surface area contributed by atoms with E-state index in [-0.39, 0.29) is 42.2 Å². The van der Waals surface area contributed by atoms with Gasteiger partial charge in [0.25, 0.3) is 0 Å². The van der Waals surface area contributed by atoms with Crippen molar-refractivity contribution in [3.63, 3.8) is 0 Å². The van der Waals surface area contributed by atoms with Crippen LogP contribution < -0.4 is 10.1 Å². The monoisotopic (exact) mass is 427 g/mol. The number of carbonyl (C=O) groups is 2. The molecule has 31 heavy (non-hydrogen) atoms. The fourth-order valence-electron chi connectivity index (χ4n) is 4.99. The summed E-state index contributed by atoms with van der Waals surface area (Å²) in [5, 5.41) is 3.08. The van der Waals surface area contributed by atoms with Crippen LogP contribution in [0.4, 0.5) is 0 Å². The molecule has 168 valence electrons. The number of amides is 1. The van der Waals surface area contributed by atoms with Crippen LogP contribution >= 0.6 is 0 Å². The summed E-state index contributed by atoms with van der Waals surface area (Å²) in [5.41, 5.74) is 2.17. The van der Waals surface area contributed by atoms with Gasteiger partial charge in [0.2, 0.25) is 17.4 Å². The van der Waals surface area contributed by atoms with E-state index in [0.29, 0.717) is 24.6 Å². The second-order valence-electron chi connectivity index (χ2n) is 9.20. The molecular weight excluding hydrogens is 394 g/mol. The molecule has 0 saturated heterocycles. The van der Waals surface area contributed by atoms with Gasteiger partial charge in [-0.05, 0) is 62.8 Å². The first-order valence-corrected chi connectivity index (χ1v) is 11.5. The van der Waals surface area contributed by atoms with Crippen LogP contribution in [0.1, 0.15) is 62.5 Å². The van der Waals surface area contributed by atoms with Gasteiger partial charge in [-0.1, -0.05) is 25.3 Å². The van der Waals surface area contributed by atoms with E-state index in [4.69, 9.17) is 14.2 Å². The first-order valence-electron chi connectivity index (χ1n) is 11.5. The Bertz CT molecular complexity index is 822. The van der Waals surface area contributed by atoms with Crippen molar-refractivity contribution in [1.29, 1.82) is 0 Å². The van der Waals surface area contributed by atoms with E-state index >= 15 is 0 Å². The normalized spacial score (nSPS) is 26.5. The van der Waals surface area contributed by atoms with Crippen LogP contribution in [0.3, 0.4) is 0 Å². The third-order valence-corrected chi connectivity index (χ3v) is 6.52. The molecule has 1 aromatic rings. The molecule has 1 amide bonds. The first kappa shape index (κ1) is 21.9. The maximum atomic E-state index is 12.9. The number of rotatable bonds is 6. The van der Waals surface area contributed by atoms with Crippen molar-refractivity contribution in [1.82, 2.24) is 5.32 Å². The highest BCUT2D eigenvalue weighted by molar-refractivity contribution is 5.96. The summed E-state index contributed by atoms with van der Waals surface area (Å²) < 4.78 is 17.6. The third-order valence-electron chi connectivity index (χ3n) is 6.52. The summed E-state index contributed by atoms with van der Waals surface area (Å²) in [4.78, 5) is 25.2. The number of hydrogen-bond donors (Lipinski definition) is 1. The number of nitrogens with one attached hydrogen (secondary N) is 1. The van der Waals surface area contributed by atoms with E-state index in [0.717, 1.165) is 30.4 Å². The van der Waals surface area contributed by atoms with Gasteiger partial charge >= 0.3 is 0 Å². The molecule has 0 spiro atoms. The topological polar surface area (TPSA) is 73.9 Å². The minimum atomic E-state index is -0.223. The molecule has 1 aliphatic heterocycles. The zero-order valence-corrected chi connectivity index (χ0v) is 18.5. The Labute approximate surface area is 184 Å². The quantitative estimate of drug-likeness (QED) is 0.739. The summed E-state index contributed by atoms with van der Waals surface area (Å²) in [5.74, 6) is 0.641. The maximum Gasteiger partial charge on any atom is 0.246 e. The molecule has 1 N–H and O–H groups in total. The molecule has 1 heterocycles. The van der Waals surface area contributed by atoms with Crippen LogP contribution in [0.15, 0.2) is 30.2 Å². The van der Waals surface area contributed by atoms with Crippen molar-refractivity contribution in [2.24, 2.45) is 5.92 Å². The fourth-order valence-corrected chi connectivity index (χ4v) is 4.99. The summed E-state index contributed by atoms with van der Waals surface area (Å²) in [7, 11) is 0. The number of ether oxygens (including phenoxy) is 3. The SMILES string of the molecule is Cc1cc(C)cc(OC2=COC3CC(OCC(=O)NC4CCCCC4)CCC3C2=O)c1. The molecule has 0 bridgehead atoms. The van der Waals surface area contributed by atoms with E-state index in [1.165, 1.54) is 25.5 Å². The molecule has 6 heteroatoms. The maximum absolute atomic E-state index is 12.9. The Morgan fingerprint density at radius 2 is 1.81 bits per heavy atom. The molecule has 3 aliphatic rings. The van der Waals surface area contributed by atoms with Crippen LogP contribution in [0.25, 0.3) is 0 Å². The lowest BCUT2D eigenvalue weighted by Gasteiger charge is -2.37. The highest BCUT2D eigenvalue weighted by Gasteiger charge is 2.41. The van der Waals surface area contributed by atoms with Gasteiger partial charge in [-0.3, -0.25) is 9.59 Å². The minimum absolute atomic E-state index is 0.0103. The first-order chi connectivity index (χ1) is 15.0. The molecule has 2 aliphatic carbocycles. The number of carbonyl (C=O) groups excluding carboxylic acids is 2. The predicted molar refractivity (Wildman–Crippen MR) is 117 cm³/mol. The zero-order chi connectivity index (χ0) is 21.8. The number of allylic oxidation sites excluding steroid dienone is 1. The average molecular weight is 428 g/mol. The Morgan fingerprint density at radius 3 is 2.55 bits per heavy atom. The predicted octanol–water partition coefficient (Wildman–Crippen LogP) is 4.13. The molecular formula is C25H33NO5. The molecule has 3 atom stereocenters. The van der Waals surface area contributed by atoms with Gasteiger partial charge in [0.05, 0.1) is 12.0 Å². The lowest BCUT2D eigenvalue weighted by Crippen LogP contribution is -2.44.